The first-order valence-corrected chi connectivity index (χ1v) is 5.49. The summed E-state index contributed by atoms with van der Waals surface area (Å²) >= 11 is 0. The van der Waals surface area contributed by atoms with Crippen LogP contribution in [0.25, 0.3) is 0 Å². The second-order valence-corrected chi connectivity index (χ2v) is 4.04. The Morgan fingerprint density at radius 1 is 1.18 bits per heavy atom. The van der Waals surface area contributed by atoms with Crippen LogP contribution in [0.2, 0.25) is 0 Å². The number of phenols is 1. The quantitative estimate of drug-likeness (QED) is 0.879. The van der Waals surface area contributed by atoms with Gasteiger partial charge in [0.1, 0.15) is 18.1 Å². The van der Waals surface area contributed by atoms with Crippen molar-refractivity contribution < 1.29 is 9.84 Å². The van der Waals surface area contributed by atoms with Crippen LogP contribution in [0.15, 0.2) is 36.5 Å². The van der Waals surface area contributed by atoms with Crippen LogP contribution in [0, 0.1) is 13.8 Å². The van der Waals surface area contributed by atoms with E-state index in [1.165, 1.54) is 0 Å². The van der Waals surface area contributed by atoms with Gasteiger partial charge < -0.3 is 9.84 Å². The van der Waals surface area contributed by atoms with Crippen LogP contribution >= 0.6 is 0 Å². The first-order chi connectivity index (χ1) is 8.15. The number of benzene rings is 1. The molecular formula is C14H15NO2. The molecule has 0 aliphatic heterocycles. The van der Waals surface area contributed by atoms with Gasteiger partial charge in [-0.05, 0) is 43.2 Å². The molecule has 1 aromatic carbocycles. The maximum atomic E-state index is 9.57. The molecule has 17 heavy (non-hydrogen) atoms. The fraction of sp³-hybridized carbons (Fsp3) is 0.214. The highest BCUT2D eigenvalue weighted by Crippen LogP contribution is 2.19. The van der Waals surface area contributed by atoms with Crippen LogP contribution < -0.4 is 4.74 Å². The van der Waals surface area contributed by atoms with Gasteiger partial charge in [-0.2, -0.15) is 0 Å². The van der Waals surface area contributed by atoms with Crippen molar-refractivity contribution >= 4 is 0 Å². The van der Waals surface area contributed by atoms with Crippen molar-refractivity contribution in [3.05, 3.63) is 53.3 Å². The Hall–Kier alpha value is -2.03. The summed E-state index contributed by atoms with van der Waals surface area (Å²) in [5, 5.41) is 9.57. The lowest BCUT2D eigenvalue weighted by Crippen LogP contribution is -1.96. The first kappa shape index (κ1) is 11.5. The summed E-state index contributed by atoms with van der Waals surface area (Å²) in [5.41, 5.74) is 2.77. The summed E-state index contributed by atoms with van der Waals surface area (Å²) in [6.45, 7) is 4.23. The Labute approximate surface area is 101 Å². The molecule has 1 N–H and O–H groups in total. The number of phenolic OH excluding ortho intramolecular Hbond substituents is 1. The zero-order valence-corrected chi connectivity index (χ0v) is 9.97. The number of hydrogen-bond donors (Lipinski definition) is 1. The lowest BCUT2D eigenvalue weighted by molar-refractivity contribution is 0.304. The predicted octanol–water partition coefficient (Wildman–Crippen LogP) is 2.98. The summed E-state index contributed by atoms with van der Waals surface area (Å²) in [7, 11) is 0. The van der Waals surface area contributed by atoms with Crippen molar-refractivity contribution in [2.75, 3.05) is 0 Å². The third-order valence-electron chi connectivity index (χ3n) is 2.56. The van der Waals surface area contributed by atoms with E-state index in [1.54, 1.807) is 12.3 Å². The van der Waals surface area contributed by atoms with Gasteiger partial charge in [-0.15, -0.1) is 0 Å². The molecule has 0 saturated heterocycles. The molecule has 2 rings (SSSR count). The maximum Gasteiger partial charge on any atom is 0.138 e. The SMILES string of the molecule is Cc1ccc(OCc2ccc(C)c(O)c2)cn1. The van der Waals surface area contributed by atoms with E-state index >= 15 is 0 Å². The highest BCUT2D eigenvalue weighted by atomic mass is 16.5. The number of nitrogens with zero attached hydrogens (tertiary/aromatic N) is 1. The van der Waals surface area contributed by atoms with Crippen LogP contribution in [0.5, 0.6) is 11.5 Å². The van der Waals surface area contributed by atoms with Gasteiger partial charge in [0.2, 0.25) is 0 Å². The standard InChI is InChI=1S/C14H15NO2/c1-10-3-5-12(7-14(10)16)9-17-13-6-4-11(2)15-8-13/h3-8,16H,9H2,1-2H3. The molecule has 0 aliphatic carbocycles. The topological polar surface area (TPSA) is 42.4 Å². The lowest BCUT2D eigenvalue weighted by atomic mass is 10.1. The minimum Gasteiger partial charge on any atom is -0.508 e. The van der Waals surface area contributed by atoms with E-state index in [4.69, 9.17) is 4.74 Å². The van der Waals surface area contributed by atoms with Crippen LogP contribution in [0.1, 0.15) is 16.8 Å². The van der Waals surface area contributed by atoms with Gasteiger partial charge in [0.15, 0.2) is 0 Å². The molecular weight excluding hydrogens is 214 g/mol. The smallest absolute Gasteiger partial charge is 0.138 e. The van der Waals surface area contributed by atoms with Gasteiger partial charge >= 0.3 is 0 Å². The number of rotatable bonds is 3. The highest BCUT2D eigenvalue weighted by Gasteiger charge is 2.00. The minimum absolute atomic E-state index is 0.299. The molecule has 3 heteroatoms. The lowest BCUT2D eigenvalue weighted by Gasteiger charge is -2.07. The average Bonchev–Trinajstić information content (AvgIpc) is 2.33. The number of pyridine rings is 1. The largest absolute Gasteiger partial charge is 0.508 e. The average molecular weight is 229 g/mol. The van der Waals surface area contributed by atoms with E-state index < -0.39 is 0 Å². The first-order valence-electron chi connectivity index (χ1n) is 5.49. The van der Waals surface area contributed by atoms with Gasteiger partial charge in [0, 0.05) is 5.69 Å². The Balaban J connectivity index is 2.02. The number of aryl methyl sites for hydroxylation is 2. The fourth-order valence-corrected chi connectivity index (χ4v) is 1.45. The molecule has 0 unspecified atom stereocenters. The molecule has 2 aromatic rings. The normalized spacial score (nSPS) is 10.2. The second kappa shape index (κ2) is 4.87. The number of hydrogen-bond acceptors (Lipinski definition) is 3. The molecule has 3 nitrogen and oxygen atoms in total. The molecule has 0 saturated carbocycles. The zero-order chi connectivity index (χ0) is 12.3. The van der Waals surface area contributed by atoms with Crippen molar-refractivity contribution in [2.24, 2.45) is 0 Å². The van der Waals surface area contributed by atoms with Crippen molar-refractivity contribution in [1.29, 1.82) is 0 Å². The molecule has 88 valence electrons. The van der Waals surface area contributed by atoms with E-state index in [2.05, 4.69) is 4.98 Å². The third kappa shape index (κ3) is 2.97. The number of ether oxygens (including phenoxy) is 1. The van der Waals surface area contributed by atoms with E-state index in [1.807, 2.05) is 38.1 Å². The molecule has 1 aromatic heterocycles. The zero-order valence-electron chi connectivity index (χ0n) is 9.97. The molecule has 0 radical (unpaired) electrons. The van der Waals surface area contributed by atoms with Gasteiger partial charge in [0.05, 0.1) is 6.20 Å². The van der Waals surface area contributed by atoms with Gasteiger partial charge in [-0.3, -0.25) is 4.98 Å². The number of aromatic hydroxyl groups is 1. The van der Waals surface area contributed by atoms with Crippen LogP contribution in [0.3, 0.4) is 0 Å². The Morgan fingerprint density at radius 3 is 2.65 bits per heavy atom. The summed E-state index contributed by atoms with van der Waals surface area (Å²) in [4.78, 5) is 4.15. The van der Waals surface area contributed by atoms with Crippen molar-refractivity contribution in [3.63, 3.8) is 0 Å². The van der Waals surface area contributed by atoms with Gasteiger partial charge in [-0.1, -0.05) is 12.1 Å². The fourth-order valence-electron chi connectivity index (χ4n) is 1.45. The molecule has 0 atom stereocenters. The van der Waals surface area contributed by atoms with Gasteiger partial charge in [0.25, 0.3) is 0 Å². The molecule has 0 spiro atoms. The molecule has 0 fully saturated rings. The van der Waals surface area contributed by atoms with Crippen molar-refractivity contribution in [3.8, 4) is 11.5 Å². The van der Waals surface area contributed by atoms with Gasteiger partial charge in [-0.25, -0.2) is 0 Å². The van der Waals surface area contributed by atoms with E-state index in [0.29, 0.717) is 12.4 Å². The summed E-state index contributed by atoms with van der Waals surface area (Å²) in [5.74, 6) is 1.03. The highest BCUT2D eigenvalue weighted by molar-refractivity contribution is 5.35. The van der Waals surface area contributed by atoms with E-state index in [-0.39, 0.29) is 0 Å². The predicted molar refractivity (Wildman–Crippen MR) is 66.1 cm³/mol. The van der Waals surface area contributed by atoms with Crippen molar-refractivity contribution in [1.82, 2.24) is 4.98 Å². The summed E-state index contributed by atoms with van der Waals surface area (Å²) in [6.07, 6.45) is 1.70. The van der Waals surface area contributed by atoms with Crippen LogP contribution in [-0.4, -0.2) is 10.1 Å². The van der Waals surface area contributed by atoms with Crippen molar-refractivity contribution in [2.45, 2.75) is 20.5 Å². The monoisotopic (exact) mass is 229 g/mol. The van der Waals surface area contributed by atoms with Crippen LogP contribution in [0.4, 0.5) is 0 Å². The second-order valence-electron chi connectivity index (χ2n) is 4.04. The maximum absolute atomic E-state index is 9.57. The Bertz CT molecular complexity index is 506. The van der Waals surface area contributed by atoms with E-state index in [0.717, 1.165) is 22.6 Å². The molecule has 0 bridgehead atoms. The Kier molecular flexibility index (Phi) is 3.28. The minimum atomic E-state index is 0.299. The summed E-state index contributed by atoms with van der Waals surface area (Å²) < 4.78 is 5.57. The Morgan fingerprint density at radius 2 is 2.00 bits per heavy atom. The molecule has 0 amide bonds. The number of aromatic nitrogens is 1. The van der Waals surface area contributed by atoms with E-state index in [9.17, 15) is 5.11 Å². The molecule has 1 heterocycles. The molecule has 0 aliphatic rings. The summed E-state index contributed by atoms with van der Waals surface area (Å²) in [6, 6.07) is 9.33. The van der Waals surface area contributed by atoms with Crippen LogP contribution in [-0.2, 0) is 6.61 Å². The third-order valence-corrected chi connectivity index (χ3v) is 2.56.